The molecule has 2 amide bonds. The molecular formula is C19H25N5O3. The van der Waals surface area contributed by atoms with Crippen LogP contribution in [0.25, 0.3) is 0 Å². The van der Waals surface area contributed by atoms with Crippen molar-refractivity contribution in [3.8, 4) is 5.75 Å². The number of hydrogen-bond donors (Lipinski definition) is 1. The van der Waals surface area contributed by atoms with Gasteiger partial charge < -0.3 is 19.9 Å². The van der Waals surface area contributed by atoms with Crippen molar-refractivity contribution < 1.29 is 14.3 Å². The topological polar surface area (TPSA) is 103 Å². The molecule has 8 heteroatoms. The summed E-state index contributed by atoms with van der Waals surface area (Å²) in [7, 11) is 0. The maximum atomic E-state index is 12.7. The summed E-state index contributed by atoms with van der Waals surface area (Å²) in [5.41, 5.74) is 5.66. The number of nitrogens with zero attached hydrogens (tertiary/aromatic N) is 4. The Morgan fingerprint density at radius 2 is 1.89 bits per heavy atom. The standard InChI is InChI=1S/C19H25N5O3/c1-13(2)24-12-21-22-18(24)14-7-9-23(10-8-14)19(26)15-3-5-16(6-4-15)27-11-17(20)25/h3-6,12-14H,7-11H2,1-2H3,(H2,20,25). The van der Waals surface area contributed by atoms with Crippen molar-refractivity contribution in [3.63, 3.8) is 0 Å². The van der Waals surface area contributed by atoms with Crippen molar-refractivity contribution in [1.29, 1.82) is 0 Å². The van der Waals surface area contributed by atoms with Crippen molar-refractivity contribution in [1.82, 2.24) is 19.7 Å². The second kappa shape index (κ2) is 8.20. The van der Waals surface area contributed by atoms with Crippen molar-refractivity contribution in [2.75, 3.05) is 19.7 Å². The first-order valence-electron chi connectivity index (χ1n) is 9.15. The monoisotopic (exact) mass is 371 g/mol. The molecule has 0 bridgehead atoms. The van der Waals surface area contributed by atoms with Crippen LogP contribution in [0.4, 0.5) is 0 Å². The van der Waals surface area contributed by atoms with Gasteiger partial charge in [0.2, 0.25) is 0 Å². The molecule has 1 aliphatic heterocycles. The van der Waals surface area contributed by atoms with E-state index in [1.165, 1.54) is 0 Å². The highest BCUT2D eigenvalue weighted by Gasteiger charge is 2.27. The summed E-state index contributed by atoms with van der Waals surface area (Å²) in [4.78, 5) is 25.3. The van der Waals surface area contributed by atoms with Crippen LogP contribution >= 0.6 is 0 Å². The number of ether oxygens (including phenoxy) is 1. The molecule has 1 fully saturated rings. The molecule has 144 valence electrons. The molecule has 2 heterocycles. The molecule has 0 spiro atoms. The van der Waals surface area contributed by atoms with Crippen LogP contribution in [0.5, 0.6) is 5.75 Å². The molecule has 1 aromatic heterocycles. The van der Waals surface area contributed by atoms with E-state index in [4.69, 9.17) is 10.5 Å². The number of primary amides is 1. The van der Waals surface area contributed by atoms with Crippen LogP contribution in [0.2, 0.25) is 0 Å². The Labute approximate surface area is 158 Å². The van der Waals surface area contributed by atoms with Gasteiger partial charge in [0, 0.05) is 30.6 Å². The number of carbonyl (C=O) groups is 2. The normalized spacial score (nSPS) is 15.1. The van der Waals surface area contributed by atoms with E-state index < -0.39 is 5.91 Å². The van der Waals surface area contributed by atoms with E-state index in [0.29, 0.717) is 36.4 Å². The predicted octanol–water partition coefficient (Wildman–Crippen LogP) is 1.74. The molecule has 2 aromatic rings. The zero-order valence-electron chi connectivity index (χ0n) is 15.7. The lowest BCUT2D eigenvalue weighted by molar-refractivity contribution is -0.119. The highest BCUT2D eigenvalue weighted by atomic mass is 16.5. The van der Waals surface area contributed by atoms with Gasteiger partial charge >= 0.3 is 0 Å². The van der Waals surface area contributed by atoms with Gasteiger partial charge in [-0.3, -0.25) is 9.59 Å². The van der Waals surface area contributed by atoms with E-state index in [2.05, 4.69) is 28.6 Å². The first-order chi connectivity index (χ1) is 13.0. The molecule has 0 atom stereocenters. The number of carbonyl (C=O) groups excluding carboxylic acids is 2. The maximum Gasteiger partial charge on any atom is 0.255 e. The van der Waals surface area contributed by atoms with E-state index in [9.17, 15) is 9.59 Å². The molecule has 1 saturated heterocycles. The second-order valence-corrected chi connectivity index (χ2v) is 7.04. The largest absolute Gasteiger partial charge is 0.484 e. The van der Waals surface area contributed by atoms with E-state index in [-0.39, 0.29) is 12.5 Å². The van der Waals surface area contributed by atoms with Crippen LogP contribution in [-0.2, 0) is 4.79 Å². The summed E-state index contributed by atoms with van der Waals surface area (Å²) < 4.78 is 7.32. The molecule has 1 aliphatic rings. The zero-order chi connectivity index (χ0) is 19.4. The molecule has 0 saturated carbocycles. The molecule has 27 heavy (non-hydrogen) atoms. The number of rotatable bonds is 6. The Morgan fingerprint density at radius 1 is 1.22 bits per heavy atom. The van der Waals surface area contributed by atoms with Crippen molar-refractivity contribution >= 4 is 11.8 Å². The third-order valence-electron chi connectivity index (χ3n) is 4.79. The first kappa shape index (κ1) is 18.9. The van der Waals surface area contributed by atoms with Crippen LogP contribution in [-0.4, -0.2) is 51.2 Å². The number of nitrogens with two attached hydrogens (primary N) is 1. The molecule has 8 nitrogen and oxygen atoms in total. The third-order valence-corrected chi connectivity index (χ3v) is 4.79. The quantitative estimate of drug-likeness (QED) is 0.833. The van der Waals surface area contributed by atoms with Gasteiger partial charge in [-0.05, 0) is 51.0 Å². The van der Waals surface area contributed by atoms with E-state index in [0.717, 1.165) is 18.7 Å². The van der Waals surface area contributed by atoms with Crippen LogP contribution in [0, 0.1) is 0 Å². The molecular weight excluding hydrogens is 346 g/mol. The average molecular weight is 371 g/mol. The number of benzene rings is 1. The lowest BCUT2D eigenvalue weighted by atomic mass is 9.95. The number of aromatic nitrogens is 3. The Kier molecular flexibility index (Phi) is 5.73. The van der Waals surface area contributed by atoms with E-state index in [1.807, 2.05) is 4.90 Å². The number of piperidine rings is 1. The number of hydrogen-bond acceptors (Lipinski definition) is 5. The van der Waals surface area contributed by atoms with Gasteiger partial charge in [0.15, 0.2) is 6.61 Å². The summed E-state index contributed by atoms with van der Waals surface area (Å²) in [5, 5.41) is 8.34. The highest BCUT2D eigenvalue weighted by molar-refractivity contribution is 5.94. The fraction of sp³-hybridized carbons (Fsp3) is 0.474. The molecule has 0 unspecified atom stereocenters. The second-order valence-electron chi connectivity index (χ2n) is 7.04. The molecule has 1 aromatic carbocycles. The van der Waals surface area contributed by atoms with Gasteiger partial charge in [0.05, 0.1) is 0 Å². The Hall–Kier alpha value is -2.90. The minimum absolute atomic E-state index is 0.000211. The minimum Gasteiger partial charge on any atom is -0.484 e. The van der Waals surface area contributed by atoms with E-state index >= 15 is 0 Å². The molecule has 0 radical (unpaired) electrons. The van der Waals surface area contributed by atoms with E-state index in [1.54, 1.807) is 30.6 Å². The fourth-order valence-electron chi connectivity index (χ4n) is 3.31. The average Bonchev–Trinajstić information content (AvgIpc) is 3.16. The first-order valence-corrected chi connectivity index (χ1v) is 9.15. The zero-order valence-corrected chi connectivity index (χ0v) is 15.7. The Balaban J connectivity index is 1.58. The lowest BCUT2D eigenvalue weighted by Crippen LogP contribution is -2.38. The van der Waals surface area contributed by atoms with Crippen molar-refractivity contribution in [2.45, 2.75) is 38.6 Å². The Morgan fingerprint density at radius 3 is 2.48 bits per heavy atom. The van der Waals surface area contributed by atoms with Crippen molar-refractivity contribution in [3.05, 3.63) is 42.0 Å². The SMILES string of the molecule is CC(C)n1cnnc1C1CCN(C(=O)c2ccc(OCC(N)=O)cc2)CC1. The lowest BCUT2D eigenvalue weighted by Gasteiger charge is -2.32. The smallest absolute Gasteiger partial charge is 0.255 e. The molecule has 0 aliphatic carbocycles. The minimum atomic E-state index is -0.536. The fourth-order valence-corrected chi connectivity index (χ4v) is 3.31. The molecule has 2 N–H and O–H groups in total. The van der Waals surface area contributed by atoms with Crippen LogP contribution in [0.15, 0.2) is 30.6 Å². The highest BCUT2D eigenvalue weighted by Crippen LogP contribution is 2.28. The summed E-state index contributed by atoms with van der Waals surface area (Å²) in [6, 6.07) is 7.09. The van der Waals surface area contributed by atoms with Gasteiger partial charge in [-0.25, -0.2) is 0 Å². The predicted molar refractivity (Wildman–Crippen MR) is 99.4 cm³/mol. The molecule has 3 rings (SSSR count). The van der Waals surface area contributed by atoms with Crippen LogP contribution in [0.1, 0.15) is 54.8 Å². The summed E-state index contributed by atoms with van der Waals surface area (Å²) in [6.07, 6.45) is 3.52. The number of amides is 2. The maximum absolute atomic E-state index is 12.7. The van der Waals surface area contributed by atoms with Crippen LogP contribution in [0.3, 0.4) is 0 Å². The van der Waals surface area contributed by atoms with Crippen molar-refractivity contribution in [2.24, 2.45) is 5.73 Å². The summed E-state index contributed by atoms with van der Waals surface area (Å²) in [6.45, 7) is 5.43. The summed E-state index contributed by atoms with van der Waals surface area (Å²) >= 11 is 0. The van der Waals surface area contributed by atoms with Gasteiger partial charge in [-0.2, -0.15) is 0 Å². The van der Waals surface area contributed by atoms with Crippen LogP contribution < -0.4 is 10.5 Å². The van der Waals surface area contributed by atoms with Gasteiger partial charge in [0.1, 0.15) is 17.9 Å². The summed E-state index contributed by atoms with van der Waals surface area (Å²) in [5.74, 6) is 1.31. The van der Waals surface area contributed by atoms with Gasteiger partial charge in [-0.15, -0.1) is 10.2 Å². The van der Waals surface area contributed by atoms with Gasteiger partial charge in [-0.1, -0.05) is 0 Å². The Bertz CT molecular complexity index is 792. The third kappa shape index (κ3) is 4.45. The van der Waals surface area contributed by atoms with Gasteiger partial charge in [0.25, 0.3) is 11.8 Å². The number of likely N-dealkylation sites (tertiary alicyclic amines) is 1.